The molecule has 5 heterocycles. The molecule has 42 heavy (non-hydrogen) atoms. The summed E-state index contributed by atoms with van der Waals surface area (Å²) in [6.45, 7) is 2.00. The van der Waals surface area contributed by atoms with Gasteiger partial charge in [-0.05, 0) is 55.6 Å². The summed E-state index contributed by atoms with van der Waals surface area (Å²) in [7, 11) is 0. The molecule has 4 aromatic heterocycles. The number of anilines is 2. The van der Waals surface area contributed by atoms with Crippen molar-refractivity contribution >= 4 is 62.1 Å². The summed E-state index contributed by atoms with van der Waals surface area (Å²) in [5, 5.41) is 5.52. The standard InChI is InChI=1S/C28H23F3N6O2S3/c29-28(30,31)19-3-1-2-4-21(19)39-22-15-18(41-23-5-9-32-20-8-14-40-24(20)23)16-33-26(22)35-27-34-25(36-42-27)17-6-10-37(11-7-17)12-13-38/h1-5,8-9,13-17H,6-7,10-12H2,(H,33,34,35,36). The number of halogens is 3. The number of hydrogen-bond acceptors (Lipinski definition) is 11. The number of thiophene rings is 1. The minimum absolute atomic E-state index is 0.118. The van der Waals surface area contributed by atoms with E-state index in [-0.39, 0.29) is 23.2 Å². The Morgan fingerprint density at radius 3 is 2.76 bits per heavy atom. The number of hydrogen-bond donors (Lipinski definition) is 1. The van der Waals surface area contributed by atoms with Gasteiger partial charge in [-0.2, -0.15) is 17.5 Å². The van der Waals surface area contributed by atoms with E-state index in [2.05, 4.69) is 29.5 Å². The molecule has 0 radical (unpaired) electrons. The van der Waals surface area contributed by atoms with Crippen LogP contribution in [0.3, 0.4) is 0 Å². The minimum Gasteiger partial charge on any atom is -0.453 e. The Kier molecular flexibility index (Phi) is 8.38. The summed E-state index contributed by atoms with van der Waals surface area (Å²) >= 11 is 4.14. The smallest absolute Gasteiger partial charge is 0.419 e. The zero-order chi connectivity index (χ0) is 29.1. The highest BCUT2D eigenvalue weighted by Crippen LogP contribution is 2.42. The Morgan fingerprint density at radius 2 is 1.95 bits per heavy atom. The molecular formula is C28H23F3N6O2S3. The van der Waals surface area contributed by atoms with Crippen LogP contribution in [0.5, 0.6) is 11.5 Å². The third-order valence-electron chi connectivity index (χ3n) is 6.73. The lowest BCUT2D eigenvalue weighted by atomic mass is 9.96. The molecule has 0 amide bonds. The van der Waals surface area contributed by atoms with Gasteiger partial charge in [-0.15, -0.1) is 11.3 Å². The van der Waals surface area contributed by atoms with Gasteiger partial charge in [0.2, 0.25) is 5.13 Å². The summed E-state index contributed by atoms with van der Waals surface area (Å²) in [6, 6.07) is 10.6. The monoisotopic (exact) mass is 628 g/mol. The SMILES string of the molecule is O=CCN1CCC(c2nsc(Nc3ncc(Sc4ccnc5ccsc45)cc3Oc3ccccc3C(F)(F)F)n2)CC1. The van der Waals surface area contributed by atoms with Gasteiger partial charge in [-0.25, -0.2) is 9.97 Å². The van der Waals surface area contributed by atoms with Crippen LogP contribution in [0.25, 0.3) is 10.2 Å². The fourth-order valence-electron chi connectivity index (χ4n) is 4.65. The first-order valence-electron chi connectivity index (χ1n) is 13.0. The highest BCUT2D eigenvalue weighted by Gasteiger charge is 2.34. The number of carbonyl (C=O) groups is 1. The summed E-state index contributed by atoms with van der Waals surface area (Å²) < 4.78 is 52.7. The third-order valence-corrected chi connectivity index (χ3v) is 9.46. The first-order chi connectivity index (χ1) is 20.4. The van der Waals surface area contributed by atoms with Gasteiger partial charge < -0.3 is 14.8 Å². The second-order valence-electron chi connectivity index (χ2n) is 9.48. The number of ether oxygens (including phenoxy) is 1. The van der Waals surface area contributed by atoms with E-state index in [0.29, 0.717) is 22.4 Å². The molecule has 1 N–H and O–H groups in total. The van der Waals surface area contributed by atoms with Gasteiger partial charge in [-0.1, -0.05) is 23.9 Å². The summed E-state index contributed by atoms with van der Waals surface area (Å²) in [6.07, 6.45) is 1.34. The zero-order valence-corrected chi connectivity index (χ0v) is 24.3. The second-order valence-corrected chi connectivity index (χ2v) is 12.3. The van der Waals surface area contributed by atoms with Crippen LogP contribution in [0.15, 0.2) is 70.0 Å². The number of nitrogens with one attached hydrogen (secondary N) is 1. The molecule has 0 aliphatic carbocycles. The van der Waals surface area contributed by atoms with Gasteiger partial charge in [0.05, 0.1) is 22.3 Å². The quantitative estimate of drug-likeness (QED) is 0.165. The molecule has 8 nitrogen and oxygen atoms in total. The first kappa shape index (κ1) is 28.5. The predicted octanol–water partition coefficient (Wildman–Crippen LogP) is 7.63. The largest absolute Gasteiger partial charge is 0.453 e. The molecular weight excluding hydrogens is 606 g/mol. The van der Waals surface area contributed by atoms with E-state index < -0.39 is 11.7 Å². The van der Waals surface area contributed by atoms with Crippen molar-refractivity contribution in [3.63, 3.8) is 0 Å². The molecule has 1 saturated heterocycles. The Balaban J connectivity index is 1.28. The van der Waals surface area contributed by atoms with Gasteiger partial charge in [-0.3, -0.25) is 9.88 Å². The van der Waals surface area contributed by atoms with E-state index in [9.17, 15) is 18.0 Å². The van der Waals surface area contributed by atoms with Crippen LogP contribution >= 0.6 is 34.6 Å². The first-order valence-corrected chi connectivity index (χ1v) is 15.4. The van der Waals surface area contributed by atoms with Crippen LogP contribution in [0.4, 0.5) is 24.1 Å². The number of alkyl halides is 3. The fraction of sp³-hybridized carbons (Fsp3) is 0.250. The minimum atomic E-state index is -4.60. The maximum atomic E-state index is 13.8. The molecule has 0 atom stereocenters. The lowest BCUT2D eigenvalue weighted by Gasteiger charge is -2.28. The number of aromatic nitrogens is 4. The molecule has 216 valence electrons. The number of piperidine rings is 1. The van der Waals surface area contributed by atoms with Crippen molar-refractivity contribution in [2.45, 2.75) is 34.7 Å². The van der Waals surface area contributed by atoms with Gasteiger partial charge in [0.1, 0.15) is 17.9 Å². The maximum absolute atomic E-state index is 13.8. The molecule has 1 fully saturated rings. The number of aldehydes is 1. The summed E-state index contributed by atoms with van der Waals surface area (Å²) in [5.41, 5.74) is -0.0177. The molecule has 6 rings (SSSR count). The molecule has 5 aromatic rings. The van der Waals surface area contributed by atoms with E-state index in [1.807, 2.05) is 17.5 Å². The Bertz CT molecular complexity index is 1700. The summed E-state index contributed by atoms with van der Waals surface area (Å²) in [4.78, 5) is 28.1. The van der Waals surface area contributed by atoms with Crippen molar-refractivity contribution in [2.75, 3.05) is 25.0 Å². The molecule has 0 bridgehead atoms. The van der Waals surface area contributed by atoms with Crippen molar-refractivity contribution in [1.29, 1.82) is 0 Å². The number of para-hydroxylation sites is 1. The topological polar surface area (TPSA) is 93.1 Å². The lowest BCUT2D eigenvalue weighted by Crippen LogP contribution is -2.34. The predicted molar refractivity (Wildman–Crippen MR) is 157 cm³/mol. The van der Waals surface area contributed by atoms with Crippen molar-refractivity contribution in [1.82, 2.24) is 24.2 Å². The average Bonchev–Trinajstić information content (AvgIpc) is 3.65. The van der Waals surface area contributed by atoms with E-state index >= 15 is 0 Å². The second kappa shape index (κ2) is 12.3. The zero-order valence-electron chi connectivity index (χ0n) is 21.9. The van der Waals surface area contributed by atoms with Crippen LogP contribution in [0, 0.1) is 0 Å². The Morgan fingerprint density at radius 1 is 1.12 bits per heavy atom. The Hall–Kier alpha value is -3.59. The molecule has 0 saturated carbocycles. The third kappa shape index (κ3) is 6.41. The Labute approximate surface area is 251 Å². The lowest BCUT2D eigenvalue weighted by molar-refractivity contribution is -0.138. The van der Waals surface area contributed by atoms with Crippen LogP contribution < -0.4 is 10.1 Å². The number of likely N-dealkylation sites (tertiary alicyclic amines) is 1. The highest BCUT2D eigenvalue weighted by atomic mass is 32.2. The van der Waals surface area contributed by atoms with Gasteiger partial charge in [0.25, 0.3) is 0 Å². The van der Waals surface area contributed by atoms with E-state index in [4.69, 9.17) is 4.74 Å². The molecule has 0 unspecified atom stereocenters. The number of fused-ring (bicyclic) bond motifs is 1. The fourth-order valence-corrected chi connectivity index (χ4v) is 7.18. The maximum Gasteiger partial charge on any atom is 0.419 e. The molecule has 1 aromatic carbocycles. The number of rotatable bonds is 9. The van der Waals surface area contributed by atoms with E-state index in [1.54, 1.807) is 29.8 Å². The van der Waals surface area contributed by atoms with Crippen LogP contribution in [-0.2, 0) is 11.0 Å². The van der Waals surface area contributed by atoms with Crippen molar-refractivity contribution < 1.29 is 22.7 Å². The number of carbonyl (C=O) groups excluding carboxylic acids is 1. The average molecular weight is 629 g/mol. The summed E-state index contributed by atoms with van der Waals surface area (Å²) in [5.74, 6) is 0.864. The number of nitrogens with zero attached hydrogens (tertiary/aromatic N) is 5. The molecule has 1 aliphatic rings. The van der Waals surface area contributed by atoms with Crippen LogP contribution in [-0.4, -0.2) is 50.1 Å². The van der Waals surface area contributed by atoms with Crippen LogP contribution in [0.2, 0.25) is 0 Å². The van der Waals surface area contributed by atoms with Crippen molar-refractivity contribution in [3.05, 3.63) is 71.6 Å². The molecule has 0 spiro atoms. The number of pyridine rings is 2. The number of benzene rings is 1. The van der Waals surface area contributed by atoms with E-state index in [1.165, 1.54) is 30.0 Å². The molecule has 1 aliphatic heterocycles. The normalized spacial score (nSPS) is 14.7. The van der Waals surface area contributed by atoms with Crippen molar-refractivity contribution in [3.8, 4) is 11.5 Å². The van der Waals surface area contributed by atoms with Gasteiger partial charge >= 0.3 is 6.18 Å². The van der Waals surface area contributed by atoms with Gasteiger partial charge in [0.15, 0.2) is 11.6 Å². The highest BCUT2D eigenvalue weighted by molar-refractivity contribution is 7.99. The van der Waals surface area contributed by atoms with Crippen molar-refractivity contribution in [2.24, 2.45) is 0 Å². The van der Waals surface area contributed by atoms with Crippen LogP contribution in [0.1, 0.15) is 30.1 Å². The van der Waals surface area contributed by atoms with E-state index in [0.717, 1.165) is 64.9 Å². The molecule has 14 heteroatoms. The van der Waals surface area contributed by atoms with Gasteiger partial charge in [0, 0.05) is 45.7 Å².